The lowest BCUT2D eigenvalue weighted by Crippen LogP contribution is -2.32. The standard InChI is InChI=1S/C17H30N4/c1-7-10-18-14-11-15(20-16(19-14)17(3,4)5)21(6)12(2)13-8-9-13/h11-13H,7-10H2,1-6H3,(H,18,19,20). The highest BCUT2D eigenvalue weighted by atomic mass is 15.2. The van der Waals surface area contributed by atoms with E-state index in [4.69, 9.17) is 9.97 Å². The molecule has 1 unspecified atom stereocenters. The molecule has 4 nitrogen and oxygen atoms in total. The van der Waals surface area contributed by atoms with Crippen molar-refractivity contribution in [1.82, 2.24) is 9.97 Å². The summed E-state index contributed by atoms with van der Waals surface area (Å²) in [5, 5.41) is 3.41. The number of hydrogen-bond acceptors (Lipinski definition) is 4. The molecule has 1 heterocycles. The zero-order chi connectivity index (χ0) is 15.6. The number of anilines is 2. The maximum absolute atomic E-state index is 4.82. The summed E-state index contributed by atoms with van der Waals surface area (Å²) in [6, 6.07) is 2.63. The Hall–Kier alpha value is -1.32. The molecule has 118 valence electrons. The second-order valence-electron chi connectivity index (χ2n) is 7.30. The molecule has 1 aliphatic carbocycles. The van der Waals surface area contributed by atoms with Gasteiger partial charge in [-0.1, -0.05) is 27.7 Å². The Morgan fingerprint density at radius 2 is 2.00 bits per heavy atom. The lowest BCUT2D eigenvalue weighted by Gasteiger charge is -2.28. The van der Waals surface area contributed by atoms with Crippen LogP contribution in [0.15, 0.2) is 6.07 Å². The molecule has 1 aromatic rings. The fourth-order valence-corrected chi connectivity index (χ4v) is 2.40. The largest absolute Gasteiger partial charge is 0.370 e. The van der Waals surface area contributed by atoms with Gasteiger partial charge in [0.05, 0.1) is 0 Å². The Morgan fingerprint density at radius 3 is 2.52 bits per heavy atom. The highest BCUT2D eigenvalue weighted by molar-refractivity contribution is 5.50. The van der Waals surface area contributed by atoms with E-state index in [2.05, 4.69) is 57.9 Å². The van der Waals surface area contributed by atoms with Gasteiger partial charge in [0.15, 0.2) is 0 Å². The van der Waals surface area contributed by atoms with Gasteiger partial charge in [-0.3, -0.25) is 0 Å². The summed E-state index contributed by atoms with van der Waals surface area (Å²) in [5.74, 6) is 3.72. The Morgan fingerprint density at radius 1 is 1.33 bits per heavy atom. The van der Waals surface area contributed by atoms with Crippen LogP contribution in [0.5, 0.6) is 0 Å². The zero-order valence-electron chi connectivity index (χ0n) is 14.4. The van der Waals surface area contributed by atoms with Crippen molar-refractivity contribution in [2.45, 2.75) is 65.3 Å². The van der Waals surface area contributed by atoms with E-state index >= 15 is 0 Å². The van der Waals surface area contributed by atoms with Crippen molar-refractivity contribution in [2.24, 2.45) is 5.92 Å². The van der Waals surface area contributed by atoms with E-state index in [0.717, 1.165) is 36.3 Å². The van der Waals surface area contributed by atoms with Crippen LogP contribution in [0.3, 0.4) is 0 Å². The maximum atomic E-state index is 4.82. The predicted octanol–water partition coefficient (Wildman–Crippen LogP) is 3.83. The minimum atomic E-state index is -0.0394. The molecular formula is C17H30N4. The first-order valence-corrected chi connectivity index (χ1v) is 8.19. The summed E-state index contributed by atoms with van der Waals surface area (Å²) in [4.78, 5) is 11.8. The Bertz CT molecular complexity index is 474. The topological polar surface area (TPSA) is 41.0 Å². The van der Waals surface area contributed by atoms with Gasteiger partial charge in [-0.15, -0.1) is 0 Å². The zero-order valence-corrected chi connectivity index (χ0v) is 14.4. The third-order valence-corrected chi connectivity index (χ3v) is 4.22. The fraction of sp³-hybridized carbons (Fsp3) is 0.765. The number of nitrogens with zero attached hydrogens (tertiary/aromatic N) is 3. The molecular weight excluding hydrogens is 260 g/mol. The van der Waals surface area contributed by atoms with Gasteiger partial charge in [0.25, 0.3) is 0 Å². The first-order chi connectivity index (χ1) is 9.82. The van der Waals surface area contributed by atoms with Crippen LogP contribution < -0.4 is 10.2 Å². The summed E-state index contributed by atoms with van der Waals surface area (Å²) < 4.78 is 0. The summed E-state index contributed by atoms with van der Waals surface area (Å²) in [6.07, 6.45) is 3.80. The SMILES string of the molecule is CCCNc1cc(N(C)C(C)C2CC2)nc(C(C)(C)C)n1. The number of hydrogen-bond donors (Lipinski definition) is 1. The van der Waals surface area contributed by atoms with Gasteiger partial charge in [-0.05, 0) is 32.1 Å². The van der Waals surface area contributed by atoms with E-state index in [1.54, 1.807) is 0 Å². The van der Waals surface area contributed by atoms with Crippen LogP contribution in [0.4, 0.5) is 11.6 Å². The van der Waals surface area contributed by atoms with Crippen molar-refractivity contribution in [2.75, 3.05) is 23.8 Å². The van der Waals surface area contributed by atoms with E-state index in [1.807, 2.05) is 0 Å². The molecule has 0 saturated heterocycles. The quantitative estimate of drug-likeness (QED) is 0.864. The molecule has 0 spiro atoms. The van der Waals surface area contributed by atoms with E-state index in [1.165, 1.54) is 12.8 Å². The first kappa shape index (κ1) is 16.1. The number of nitrogens with one attached hydrogen (secondary N) is 1. The highest BCUT2D eigenvalue weighted by Gasteiger charge is 2.31. The van der Waals surface area contributed by atoms with Crippen LogP contribution >= 0.6 is 0 Å². The Balaban J connectivity index is 2.29. The second-order valence-corrected chi connectivity index (χ2v) is 7.30. The van der Waals surface area contributed by atoms with Crippen molar-refractivity contribution >= 4 is 11.6 Å². The molecule has 0 radical (unpaired) electrons. The van der Waals surface area contributed by atoms with Gasteiger partial charge in [0, 0.05) is 31.1 Å². The van der Waals surface area contributed by atoms with Gasteiger partial charge in [0.2, 0.25) is 0 Å². The molecule has 1 N–H and O–H groups in total. The first-order valence-electron chi connectivity index (χ1n) is 8.19. The van der Waals surface area contributed by atoms with Gasteiger partial charge in [0.1, 0.15) is 17.5 Å². The van der Waals surface area contributed by atoms with Crippen molar-refractivity contribution in [3.63, 3.8) is 0 Å². The van der Waals surface area contributed by atoms with Crippen LogP contribution in [0.25, 0.3) is 0 Å². The molecule has 2 rings (SSSR count). The summed E-state index contributed by atoms with van der Waals surface area (Å²) in [6.45, 7) is 11.9. The molecule has 0 amide bonds. The third-order valence-electron chi connectivity index (χ3n) is 4.22. The smallest absolute Gasteiger partial charge is 0.138 e. The van der Waals surface area contributed by atoms with Crippen LogP contribution in [0, 0.1) is 5.92 Å². The summed E-state index contributed by atoms with van der Waals surface area (Å²) in [5.41, 5.74) is -0.0394. The lowest BCUT2D eigenvalue weighted by atomic mass is 9.95. The van der Waals surface area contributed by atoms with Gasteiger partial charge < -0.3 is 10.2 Å². The van der Waals surface area contributed by atoms with Crippen molar-refractivity contribution < 1.29 is 0 Å². The molecule has 0 aliphatic heterocycles. The maximum Gasteiger partial charge on any atom is 0.138 e. The summed E-state index contributed by atoms with van der Waals surface area (Å²) in [7, 11) is 2.15. The van der Waals surface area contributed by atoms with Crippen LogP contribution in [-0.2, 0) is 5.41 Å². The van der Waals surface area contributed by atoms with Gasteiger partial charge >= 0.3 is 0 Å². The molecule has 21 heavy (non-hydrogen) atoms. The van der Waals surface area contributed by atoms with Crippen LogP contribution in [0.1, 0.15) is 59.7 Å². The molecule has 0 aromatic carbocycles. The van der Waals surface area contributed by atoms with Crippen molar-refractivity contribution in [3.8, 4) is 0 Å². The third kappa shape index (κ3) is 4.08. The molecule has 1 aliphatic rings. The van der Waals surface area contributed by atoms with Crippen LogP contribution in [0.2, 0.25) is 0 Å². The van der Waals surface area contributed by atoms with Crippen molar-refractivity contribution in [3.05, 3.63) is 11.9 Å². The summed E-state index contributed by atoms with van der Waals surface area (Å²) >= 11 is 0. The van der Waals surface area contributed by atoms with Gasteiger partial charge in [-0.25, -0.2) is 9.97 Å². The molecule has 1 saturated carbocycles. The van der Waals surface area contributed by atoms with E-state index in [-0.39, 0.29) is 5.41 Å². The van der Waals surface area contributed by atoms with E-state index in [9.17, 15) is 0 Å². The lowest BCUT2D eigenvalue weighted by molar-refractivity contribution is 0.540. The van der Waals surface area contributed by atoms with Crippen LogP contribution in [-0.4, -0.2) is 29.6 Å². The van der Waals surface area contributed by atoms with Gasteiger partial charge in [-0.2, -0.15) is 0 Å². The minimum Gasteiger partial charge on any atom is -0.370 e. The minimum absolute atomic E-state index is 0.0394. The predicted molar refractivity (Wildman–Crippen MR) is 90.1 cm³/mol. The van der Waals surface area contributed by atoms with E-state index < -0.39 is 0 Å². The Labute approximate surface area is 129 Å². The molecule has 1 fully saturated rings. The van der Waals surface area contributed by atoms with Crippen molar-refractivity contribution in [1.29, 1.82) is 0 Å². The number of rotatable bonds is 6. The Kier molecular flexibility index (Phi) is 4.74. The molecule has 1 atom stereocenters. The normalized spacial score (nSPS) is 16.7. The molecule has 4 heteroatoms. The number of aromatic nitrogens is 2. The highest BCUT2D eigenvalue weighted by Crippen LogP contribution is 2.36. The van der Waals surface area contributed by atoms with E-state index in [0.29, 0.717) is 6.04 Å². The monoisotopic (exact) mass is 290 g/mol. The molecule has 1 aromatic heterocycles. The average molecular weight is 290 g/mol. The average Bonchev–Trinajstić information content (AvgIpc) is 3.26. The fourth-order valence-electron chi connectivity index (χ4n) is 2.40. The molecule has 0 bridgehead atoms. The second kappa shape index (κ2) is 6.20.